The minimum absolute atomic E-state index is 0.0913. The van der Waals surface area contributed by atoms with Crippen LogP contribution in [0.1, 0.15) is 38.3 Å². The number of likely N-dealkylation sites (tertiary alicyclic amines) is 1. The molecule has 2 rings (SSSR count). The molecular weight excluding hydrogens is 310 g/mol. The molecule has 0 aromatic heterocycles. The number of carbonyl (C=O) groups excluding carboxylic acids is 1. The van der Waals surface area contributed by atoms with Gasteiger partial charge in [-0.25, -0.2) is 0 Å². The Bertz CT molecular complexity index is 584. The number of nitrogens with zero attached hydrogens (tertiary/aromatic N) is 3. The second kappa shape index (κ2) is 8.33. The Morgan fingerprint density at radius 2 is 2.26 bits per heavy atom. The van der Waals surface area contributed by atoms with Crippen molar-refractivity contribution in [3.63, 3.8) is 0 Å². The van der Waals surface area contributed by atoms with Gasteiger partial charge in [0.25, 0.3) is 0 Å². The first-order valence-corrected chi connectivity index (χ1v) is 8.60. The molecular formula is C18H24ClN3O. The first-order valence-electron chi connectivity index (χ1n) is 8.22. The van der Waals surface area contributed by atoms with Crippen LogP contribution >= 0.6 is 11.6 Å². The number of rotatable bonds is 6. The molecule has 23 heavy (non-hydrogen) atoms. The van der Waals surface area contributed by atoms with E-state index in [1.165, 1.54) is 0 Å². The SMILES string of the molecule is CCN(CC(C)C#N)C(=O)CN1CCCC1c1ccccc1Cl. The zero-order valence-electron chi connectivity index (χ0n) is 13.8. The lowest BCUT2D eigenvalue weighted by molar-refractivity contribution is -0.132. The predicted molar refractivity (Wildman–Crippen MR) is 92.0 cm³/mol. The maximum atomic E-state index is 12.6. The molecule has 0 bridgehead atoms. The Hall–Kier alpha value is -1.57. The molecule has 1 aromatic rings. The third-order valence-electron chi connectivity index (χ3n) is 4.42. The van der Waals surface area contributed by atoms with E-state index in [-0.39, 0.29) is 17.9 Å². The summed E-state index contributed by atoms with van der Waals surface area (Å²) in [6, 6.07) is 10.3. The fourth-order valence-corrected chi connectivity index (χ4v) is 3.43. The van der Waals surface area contributed by atoms with Gasteiger partial charge in [-0.2, -0.15) is 5.26 Å². The lowest BCUT2D eigenvalue weighted by Gasteiger charge is -2.29. The van der Waals surface area contributed by atoms with Gasteiger partial charge in [0.2, 0.25) is 5.91 Å². The van der Waals surface area contributed by atoms with Gasteiger partial charge < -0.3 is 4.90 Å². The van der Waals surface area contributed by atoms with Crippen LogP contribution in [0.5, 0.6) is 0 Å². The van der Waals surface area contributed by atoms with Gasteiger partial charge in [0.15, 0.2) is 0 Å². The standard InChI is InChI=1S/C18H24ClN3O/c1-3-21(12-14(2)11-20)18(23)13-22-10-6-9-17(22)15-7-4-5-8-16(15)19/h4-5,7-8,14,17H,3,6,9-10,12-13H2,1-2H3. The van der Waals surface area contributed by atoms with Crippen LogP contribution in [0.3, 0.4) is 0 Å². The molecule has 1 aliphatic rings. The fraction of sp³-hybridized carbons (Fsp3) is 0.556. The largest absolute Gasteiger partial charge is 0.341 e. The summed E-state index contributed by atoms with van der Waals surface area (Å²) in [4.78, 5) is 16.6. The van der Waals surface area contributed by atoms with Crippen LogP contribution in [-0.4, -0.2) is 41.9 Å². The number of amides is 1. The highest BCUT2D eigenvalue weighted by molar-refractivity contribution is 6.31. The van der Waals surface area contributed by atoms with E-state index < -0.39 is 0 Å². The topological polar surface area (TPSA) is 47.3 Å². The minimum Gasteiger partial charge on any atom is -0.341 e. The van der Waals surface area contributed by atoms with Crippen molar-refractivity contribution in [2.45, 2.75) is 32.7 Å². The number of hydrogen-bond acceptors (Lipinski definition) is 3. The number of carbonyl (C=O) groups is 1. The van der Waals surface area contributed by atoms with Crippen LogP contribution in [0, 0.1) is 17.2 Å². The quantitative estimate of drug-likeness (QED) is 0.800. The summed E-state index contributed by atoms with van der Waals surface area (Å²) >= 11 is 6.33. The van der Waals surface area contributed by atoms with E-state index in [0.29, 0.717) is 19.6 Å². The molecule has 2 atom stereocenters. The summed E-state index contributed by atoms with van der Waals surface area (Å²) in [5, 5.41) is 9.72. The molecule has 5 heteroatoms. The molecule has 0 spiro atoms. The van der Waals surface area contributed by atoms with Crippen molar-refractivity contribution in [2.75, 3.05) is 26.2 Å². The molecule has 1 saturated heterocycles. The van der Waals surface area contributed by atoms with Crippen LogP contribution in [0.2, 0.25) is 5.02 Å². The third kappa shape index (κ3) is 4.46. The van der Waals surface area contributed by atoms with Crippen LogP contribution in [-0.2, 0) is 4.79 Å². The molecule has 0 N–H and O–H groups in total. The van der Waals surface area contributed by atoms with Crippen molar-refractivity contribution in [3.8, 4) is 6.07 Å². The Morgan fingerprint density at radius 1 is 1.52 bits per heavy atom. The summed E-state index contributed by atoms with van der Waals surface area (Å²) in [7, 11) is 0. The monoisotopic (exact) mass is 333 g/mol. The maximum absolute atomic E-state index is 12.6. The van der Waals surface area contributed by atoms with Crippen molar-refractivity contribution in [2.24, 2.45) is 5.92 Å². The summed E-state index contributed by atoms with van der Waals surface area (Å²) in [6.45, 7) is 6.23. The van der Waals surface area contributed by atoms with Crippen LogP contribution in [0.4, 0.5) is 0 Å². The Morgan fingerprint density at radius 3 is 2.91 bits per heavy atom. The molecule has 2 unspecified atom stereocenters. The number of hydrogen-bond donors (Lipinski definition) is 0. The Labute approximate surface area is 143 Å². The molecule has 1 fully saturated rings. The highest BCUT2D eigenvalue weighted by Gasteiger charge is 2.30. The van der Waals surface area contributed by atoms with Crippen molar-refractivity contribution in [3.05, 3.63) is 34.9 Å². The van der Waals surface area contributed by atoms with Crippen LogP contribution in [0.15, 0.2) is 24.3 Å². The smallest absolute Gasteiger partial charge is 0.236 e. The summed E-state index contributed by atoms with van der Waals surface area (Å²) in [5.74, 6) is -0.0506. The third-order valence-corrected chi connectivity index (χ3v) is 4.76. The zero-order chi connectivity index (χ0) is 16.8. The van der Waals surface area contributed by atoms with Crippen molar-refractivity contribution in [1.82, 2.24) is 9.80 Å². The number of likely N-dealkylation sites (N-methyl/N-ethyl adjacent to an activating group) is 1. The second-order valence-electron chi connectivity index (χ2n) is 6.11. The Kier molecular flexibility index (Phi) is 6.44. The van der Waals surface area contributed by atoms with Gasteiger partial charge in [-0.1, -0.05) is 29.8 Å². The normalized spacial score (nSPS) is 19.3. The van der Waals surface area contributed by atoms with Gasteiger partial charge in [-0.05, 0) is 44.9 Å². The zero-order valence-corrected chi connectivity index (χ0v) is 14.6. The van der Waals surface area contributed by atoms with Gasteiger partial charge in [0, 0.05) is 24.2 Å². The first kappa shape index (κ1) is 17.8. The van der Waals surface area contributed by atoms with E-state index in [0.717, 1.165) is 30.0 Å². The van der Waals surface area contributed by atoms with Gasteiger partial charge in [-0.3, -0.25) is 9.69 Å². The highest BCUT2D eigenvalue weighted by atomic mass is 35.5. The summed E-state index contributed by atoms with van der Waals surface area (Å²) in [5.41, 5.74) is 1.10. The van der Waals surface area contributed by atoms with Gasteiger partial charge in [0.05, 0.1) is 18.5 Å². The number of halogens is 1. The molecule has 124 valence electrons. The van der Waals surface area contributed by atoms with Gasteiger partial charge in [-0.15, -0.1) is 0 Å². The van der Waals surface area contributed by atoms with Gasteiger partial charge >= 0.3 is 0 Å². The van der Waals surface area contributed by atoms with E-state index in [2.05, 4.69) is 11.0 Å². The van der Waals surface area contributed by atoms with Crippen molar-refractivity contribution >= 4 is 17.5 Å². The predicted octanol–water partition coefficient (Wildman–Crippen LogP) is 3.49. The van der Waals surface area contributed by atoms with Crippen LogP contribution < -0.4 is 0 Å². The molecule has 1 aromatic carbocycles. The minimum atomic E-state index is -0.142. The average molecular weight is 334 g/mol. The van der Waals surface area contributed by atoms with E-state index in [4.69, 9.17) is 16.9 Å². The highest BCUT2D eigenvalue weighted by Crippen LogP contribution is 2.35. The van der Waals surface area contributed by atoms with E-state index in [1.807, 2.05) is 38.1 Å². The van der Waals surface area contributed by atoms with E-state index in [1.54, 1.807) is 4.90 Å². The van der Waals surface area contributed by atoms with Crippen molar-refractivity contribution < 1.29 is 4.79 Å². The molecule has 4 nitrogen and oxygen atoms in total. The van der Waals surface area contributed by atoms with Gasteiger partial charge in [0.1, 0.15) is 0 Å². The molecule has 0 aliphatic carbocycles. The molecule has 1 heterocycles. The van der Waals surface area contributed by atoms with E-state index >= 15 is 0 Å². The maximum Gasteiger partial charge on any atom is 0.236 e. The number of benzene rings is 1. The average Bonchev–Trinajstić information content (AvgIpc) is 3.00. The number of nitriles is 1. The summed E-state index contributed by atoms with van der Waals surface area (Å²) in [6.07, 6.45) is 2.10. The van der Waals surface area contributed by atoms with E-state index in [9.17, 15) is 4.79 Å². The fourth-order valence-electron chi connectivity index (χ4n) is 3.17. The molecule has 0 saturated carbocycles. The lowest BCUT2D eigenvalue weighted by Crippen LogP contribution is -2.41. The Balaban J connectivity index is 2.05. The molecule has 0 radical (unpaired) electrons. The lowest BCUT2D eigenvalue weighted by atomic mass is 10.0. The van der Waals surface area contributed by atoms with Crippen LogP contribution in [0.25, 0.3) is 0 Å². The molecule has 1 amide bonds. The molecule has 1 aliphatic heterocycles. The van der Waals surface area contributed by atoms with Crippen molar-refractivity contribution in [1.29, 1.82) is 5.26 Å². The first-order chi connectivity index (χ1) is 11.1. The second-order valence-corrected chi connectivity index (χ2v) is 6.52. The summed E-state index contributed by atoms with van der Waals surface area (Å²) < 4.78 is 0.